The van der Waals surface area contributed by atoms with Crippen LogP contribution in [0.3, 0.4) is 0 Å². The molecule has 160 valence electrons. The van der Waals surface area contributed by atoms with E-state index in [0.29, 0.717) is 18.5 Å². The van der Waals surface area contributed by atoms with Crippen molar-refractivity contribution in [1.82, 2.24) is 4.90 Å². The maximum Gasteiger partial charge on any atom is 0.393 e. The third kappa shape index (κ3) is 5.09. The van der Waals surface area contributed by atoms with Crippen molar-refractivity contribution in [2.75, 3.05) is 18.4 Å². The lowest BCUT2D eigenvalue weighted by Crippen LogP contribution is -2.46. The fourth-order valence-electron chi connectivity index (χ4n) is 3.61. The van der Waals surface area contributed by atoms with E-state index in [4.69, 9.17) is 11.6 Å². The van der Waals surface area contributed by atoms with Gasteiger partial charge in [-0.05, 0) is 37.1 Å². The number of nitro groups is 1. The lowest BCUT2D eigenvalue weighted by molar-refractivity contribution is -0.384. The standard InChI is InChI=1S/C20H19ClF3N3O3/c21-16-9-8-15(11-17(16)27(29)30)25-19(28)18(13-5-2-1-3-6-13)26-10-4-7-14(12-26)20(22,23)24/h1-3,5-6,8-9,11,14,18H,4,7,10,12H2,(H,25,28)/t14-,18-/m0/s1. The van der Waals surface area contributed by atoms with Crippen LogP contribution in [-0.2, 0) is 4.79 Å². The Morgan fingerprint density at radius 1 is 1.23 bits per heavy atom. The van der Waals surface area contributed by atoms with Crippen LogP contribution in [0, 0.1) is 16.0 Å². The molecule has 0 saturated carbocycles. The normalized spacial score (nSPS) is 18.6. The largest absolute Gasteiger partial charge is 0.393 e. The molecule has 0 aliphatic carbocycles. The lowest BCUT2D eigenvalue weighted by Gasteiger charge is -2.38. The van der Waals surface area contributed by atoms with Gasteiger partial charge in [-0.1, -0.05) is 41.9 Å². The molecule has 0 aromatic heterocycles. The number of amides is 1. The highest BCUT2D eigenvalue weighted by Crippen LogP contribution is 2.36. The van der Waals surface area contributed by atoms with Crippen LogP contribution in [0.4, 0.5) is 24.5 Å². The second kappa shape index (κ2) is 9.01. The number of hydrogen-bond acceptors (Lipinski definition) is 4. The van der Waals surface area contributed by atoms with Gasteiger partial charge in [0.2, 0.25) is 5.91 Å². The number of benzene rings is 2. The summed E-state index contributed by atoms with van der Waals surface area (Å²) < 4.78 is 39.8. The van der Waals surface area contributed by atoms with Crippen molar-refractivity contribution in [3.8, 4) is 0 Å². The number of halogens is 4. The van der Waals surface area contributed by atoms with E-state index in [1.165, 1.54) is 17.0 Å². The van der Waals surface area contributed by atoms with Gasteiger partial charge in [0.15, 0.2) is 0 Å². The molecule has 0 bridgehead atoms. The molecule has 1 saturated heterocycles. The molecule has 0 spiro atoms. The van der Waals surface area contributed by atoms with Gasteiger partial charge < -0.3 is 5.32 Å². The molecular formula is C20H19ClF3N3O3. The SMILES string of the molecule is O=C(Nc1ccc(Cl)c([N+](=O)[O-])c1)[C@H](c1ccccc1)N1CCC[C@H](C(F)(F)F)C1. The van der Waals surface area contributed by atoms with Crippen LogP contribution in [0.1, 0.15) is 24.4 Å². The average Bonchev–Trinajstić information content (AvgIpc) is 2.70. The smallest absolute Gasteiger partial charge is 0.324 e. The minimum atomic E-state index is -4.34. The minimum Gasteiger partial charge on any atom is -0.324 e. The fraction of sp³-hybridized carbons (Fsp3) is 0.350. The Balaban J connectivity index is 1.89. The van der Waals surface area contributed by atoms with Gasteiger partial charge in [-0.25, -0.2) is 0 Å². The summed E-state index contributed by atoms with van der Waals surface area (Å²) in [5.41, 5.74) is 0.309. The maximum atomic E-state index is 13.3. The van der Waals surface area contributed by atoms with Crippen LogP contribution in [0.5, 0.6) is 0 Å². The molecule has 2 aromatic carbocycles. The molecule has 1 fully saturated rings. The molecule has 0 radical (unpaired) electrons. The number of nitro benzene ring substituents is 1. The van der Waals surface area contributed by atoms with Gasteiger partial charge in [0.05, 0.1) is 10.8 Å². The van der Waals surface area contributed by atoms with Crippen molar-refractivity contribution in [3.63, 3.8) is 0 Å². The predicted molar refractivity (Wildman–Crippen MR) is 106 cm³/mol. The van der Waals surface area contributed by atoms with Crippen LogP contribution in [0.15, 0.2) is 48.5 Å². The number of carbonyl (C=O) groups excluding carboxylic acids is 1. The van der Waals surface area contributed by atoms with E-state index in [1.54, 1.807) is 30.3 Å². The van der Waals surface area contributed by atoms with Crippen LogP contribution < -0.4 is 5.32 Å². The number of rotatable bonds is 5. The summed E-state index contributed by atoms with van der Waals surface area (Å²) in [7, 11) is 0. The number of alkyl halides is 3. The van der Waals surface area contributed by atoms with Crippen molar-refractivity contribution >= 4 is 28.9 Å². The second-order valence-electron chi connectivity index (χ2n) is 7.10. The van der Waals surface area contributed by atoms with Crippen molar-refractivity contribution in [1.29, 1.82) is 0 Å². The van der Waals surface area contributed by atoms with Crippen LogP contribution in [0.2, 0.25) is 5.02 Å². The van der Waals surface area contributed by atoms with Gasteiger partial charge in [0, 0.05) is 18.3 Å². The molecule has 2 aromatic rings. The number of nitrogens with zero attached hydrogens (tertiary/aromatic N) is 2. The molecule has 6 nitrogen and oxygen atoms in total. The van der Waals surface area contributed by atoms with Gasteiger partial charge in [-0.2, -0.15) is 13.2 Å². The summed E-state index contributed by atoms with van der Waals surface area (Å²) in [4.78, 5) is 25.0. The molecule has 1 aliphatic heterocycles. The highest BCUT2D eigenvalue weighted by molar-refractivity contribution is 6.32. The summed E-state index contributed by atoms with van der Waals surface area (Å²) in [6.45, 7) is 0.0393. The van der Waals surface area contributed by atoms with Crippen molar-refractivity contribution in [2.45, 2.75) is 25.1 Å². The first-order chi connectivity index (χ1) is 14.2. The number of anilines is 1. The monoisotopic (exact) mass is 441 g/mol. The maximum absolute atomic E-state index is 13.3. The first kappa shape index (κ1) is 22.0. The predicted octanol–water partition coefficient (Wildman–Crippen LogP) is 5.20. The molecule has 3 rings (SSSR count). The Labute approximate surface area is 175 Å². The van der Waals surface area contributed by atoms with E-state index in [-0.39, 0.29) is 29.4 Å². The quantitative estimate of drug-likeness (QED) is 0.511. The summed E-state index contributed by atoms with van der Waals surface area (Å²) in [5, 5.41) is 13.6. The van der Waals surface area contributed by atoms with Gasteiger partial charge in [0.25, 0.3) is 5.69 Å². The average molecular weight is 442 g/mol. The first-order valence-electron chi connectivity index (χ1n) is 9.27. The Hall–Kier alpha value is -2.65. The third-order valence-corrected chi connectivity index (χ3v) is 5.37. The van der Waals surface area contributed by atoms with E-state index < -0.39 is 29.0 Å². The molecule has 1 aliphatic rings. The first-order valence-corrected chi connectivity index (χ1v) is 9.65. The van der Waals surface area contributed by atoms with E-state index in [0.717, 1.165) is 6.07 Å². The van der Waals surface area contributed by atoms with Gasteiger partial charge in [-0.3, -0.25) is 19.8 Å². The van der Waals surface area contributed by atoms with Crippen LogP contribution >= 0.6 is 11.6 Å². The van der Waals surface area contributed by atoms with Crippen LogP contribution in [0.25, 0.3) is 0 Å². The Bertz CT molecular complexity index is 925. The second-order valence-corrected chi connectivity index (χ2v) is 7.51. The molecule has 1 N–H and O–H groups in total. The molecule has 1 amide bonds. The highest BCUT2D eigenvalue weighted by atomic mass is 35.5. The zero-order valence-electron chi connectivity index (χ0n) is 15.7. The van der Waals surface area contributed by atoms with Gasteiger partial charge in [-0.15, -0.1) is 0 Å². The summed E-state index contributed by atoms with van der Waals surface area (Å²) in [6.07, 6.45) is -4.01. The van der Waals surface area contributed by atoms with E-state index >= 15 is 0 Å². The number of piperidine rings is 1. The number of nitrogens with one attached hydrogen (secondary N) is 1. The molecule has 10 heteroatoms. The number of likely N-dealkylation sites (tertiary alicyclic amines) is 1. The molecule has 1 heterocycles. The Morgan fingerprint density at radius 3 is 2.57 bits per heavy atom. The highest BCUT2D eigenvalue weighted by Gasteiger charge is 2.44. The van der Waals surface area contributed by atoms with Crippen LogP contribution in [-0.4, -0.2) is 35.0 Å². The molecule has 30 heavy (non-hydrogen) atoms. The zero-order valence-corrected chi connectivity index (χ0v) is 16.5. The number of hydrogen-bond donors (Lipinski definition) is 1. The van der Waals surface area contributed by atoms with Crippen molar-refractivity contribution in [3.05, 3.63) is 69.2 Å². The number of carbonyl (C=O) groups is 1. The lowest BCUT2D eigenvalue weighted by atomic mass is 9.94. The van der Waals surface area contributed by atoms with E-state index in [1.807, 2.05) is 0 Å². The van der Waals surface area contributed by atoms with Crippen molar-refractivity contribution in [2.24, 2.45) is 5.92 Å². The fourth-order valence-corrected chi connectivity index (χ4v) is 3.80. The van der Waals surface area contributed by atoms with Gasteiger partial charge in [0.1, 0.15) is 11.1 Å². The Kier molecular flexibility index (Phi) is 6.62. The third-order valence-electron chi connectivity index (χ3n) is 5.05. The minimum absolute atomic E-state index is 0.0203. The molecule has 2 atom stereocenters. The molecule has 0 unspecified atom stereocenters. The topological polar surface area (TPSA) is 75.5 Å². The summed E-state index contributed by atoms with van der Waals surface area (Å²) in [6, 6.07) is 11.3. The van der Waals surface area contributed by atoms with E-state index in [2.05, 4.69) is 5.32 Å². The van der Waals surface area contributed by atoms with Gasteiger partial charge >= 0.3 is 6.18 Å². The summed E-state index contributed by atoms with van der Waals surface area (Å²) >= 11 is 5.80. The van der Waals surface area contributed by atoms with Crippen molar-refractivity contribution < 1.29 is 22.9 Å². The van der Waals surface area contributed by atoms with E-state index in [9.17, 15) is 28.1 Å². The summed E-state index contributed by atoms with van der Waals surface area (Å²) in [5.74, 6) is -2.08. The Morgan fingerprint density at radius 2 is 1.93 bits per heavy atom. The zero-order chi connectivity index (χ0) is 21.9. The molecular weight excluding hydrogens is 423 g/mol.